The summed E-state index contributed by atoms with van der Waals surface area (Å²) in [4.78, 5) is 13.0. The Labute approximate surface area is 181 Å². The average Bonchev–Trinajstić information content (AvgIpc) is 3.34. The molecule has 7 nitrogen and oxygen atoms in total. The zero-order valence-electron chi connectivity index (χ0n) is 17.9. The number of nitrogens with one attached hydrogen (secondary N) is 2. The van der Waals surface area contributed by atoms with Crippen LogP contribution in [0.2, 0.25) is 0 Å². The van der Waals surface area contributed by atoms with E-state index in [0.29, 0.717) is 22.1 Å². The summed E-state index contributed by atoms with van der Waals surface area (Å²) in [5.41, 5.74) is 4.00. The number of anilines is 1. The highest BCUT2D eigenvalue weighted by Crippen LogP contribution is 2.36. The minimum Gasteiger partial charge on any atom is -0.496 e. The number of hydrogen-bond acceptors (Lipinski definition) is 7. The fourth-order valence-electron chi connectivity index (χ4n) is 3.35. The quantitative estimate of drug-likeness (QED) is 0.624. The molecule has 3 heterocycles. The number of methoxy groups -OCH3 is 1. The zero-order valence-corrected chi connectivity index (χ0v) is 18.7. The van der Waals surface area contributed by atoms with Crippen molar-refractivity contribution in [3.63, 3.8) is 0 Å². The molecule has 1 aliphatic heterocycles. The average molecular weight is 429 g/mol. The Hall–Kier alpha value is -2.71. The van der Waals surface area contributed by atoms with Crippen molar-refractivity contribution in [1.82, 2.24) is 14.8 Å². The Kier molecular flexibility index (Phi) is 7.59. The van der Waals surface area contributed by atoms with E-state index in [4.69, 9.17) is 9.26 Å². The molecule has 0 unspecified atom stereocenters. The molecule has 1 fully saturated rings. The molecule has 0 bridgehead atoms. The molecule has 0 aliphatic carbocycles. The van der Waals surface area contributed by atoms with Crippen LogP contribution in [0.15, 0.2) is 28.9 Å². The van der Waals surface area contributed by atoms with Gasteiger partial charge >= 0.3 is 0 Å². The number of rotatable bonds is 4. The first-order valence-corrected chi connectivity index (χ1v) is 10.8. The van der Waals surface area contributed by atoms with Crippen molar-refractivity contribution in [1.29, 1.82) is 0 Å². The van der Waals surface area contributed by atoms with Gasteiger partial charge in [-0.1, -0.05) is 11.6 Å². The number of nitrogens with zero attached hydrogens (tertiary/aromatic N) is 2. The van der Waals surface area contributed by atoms with Crippen molar-refractivity contribution in [3.05, 3.63) is 46.3 Å². The van der Waals surface area contributed by atoms with Gasteiger partial charge in [-0.25, -0.2) is 4.37 Å². The number of ether oxygens (including phenoxy) is 1. The molecule has 4 rings (SSSR count). The molecule has 1 aliphatic rings. The maximum absolute atomic E-state index is 12.4. The van der Waals surface area contributed by atoms with E-state index >= 15 is 0 Å². The van der Waals surface area contributed by atoms with Crippen molar-refractivity contribution in [2.24, 2.45) is 0 Å². The number of aromatic nitrogens is 2. The van der Waals surface area contributed by atoms with Crippen LogP contribution < -0.4 is 15.4 Å². The Bertz CT molecular complexity index is 961. The van der Waals surface area contributed by atoms with Gasteiger partial charge in [0.2, 0.25) is 0 Å². The lowest BCUT2D eigenvalue weighted by atomic mass is 10.0. The van der Waals surface area contributed by atoms with Gasteiger partial charge in [-0.05, 0) is 82.0 Å². The van der Waals surface area contributed by atoms with Crippen molar-refractivity contribution < 1.29 is 14.1 Å². The minimum absolute atomic E-state index is 0.176. The van der Waals surface area contributed by atoms with Crippen LogP contribution >= 0.6 is 11.5 Å². The summed E-state index contributed by atoms with van der Waals surface area (Å²) < 4.78 is 14.7. The SMILES string of the molecule is C1CCNCC1.COc1ccc(NC(=O)c2sncc2C)cc1-c1c(C)noc1C. The van der Waals surface area contributed by atoms with E-state index < -0.39 is 0 Å². The molecule has 160 valence electrons. The number of benzene rings is 1. The molecule has 8 heteroatoms. The molecule has 0 radical (unpaired) electrons. The van der Waals surface area contributed by atoms with Crippen LogP contribution in [0.5, 0.6) is 5.75 Å². The number of aryl methyl sites for hydroxylation is 3. The first kappa shape index (κ1) is 22.0. The van der Waals surface area contributed by atoms with Crippen LogP contribution in [0.4, 0.5) is 5.69 Å². The Morgan fingerprint density at radius 1 is 1.20 bits per heavy atom. The van der Waals surface area contributed by atoms with E-state index in [1.54, 1.807) is 19.4 Å². The lowest BCUT2D eigenvalue weighted by Gasteiger charge is -2.11. The second-order valence-corrected chi connectivity index (χ2v) is 8.02. The Morgan fingerprint density at radius 2 is 1.97 bits per heavy atom. The van der Waals surface area contributed by atoms with Gasteiger partial charge in [-0.2, -0.15) is 0 Å². The summed E-state index contributed by atoms with van der Waals surface area (Å²) in [6, 6.07) is 5.48. The maximum atomic E-state index is 12.4. The van der Waals surface area contributed by atoms with E-state index in [1.165, 1.54) is 43.9 Å². The number of hydrogen-bond donors (Lipinski definition) is 2. The van der Waals surface area contributed by atoms with Crippen LogP contribution in [0.25, 0.3) is 11.1 Å². The van der Waals surface area contributed by atoms with Crippen LogP contribution in [0.3, 0.4) is 0 Å². The Balaban J connectivity index is 0.000000367. The highest BCUT2D eigenvalue weighted by molar-refractivity contribution is 7.08. The van der Waals surface area contributed by atoms with Gasteiger partial charge in [0.1, 0.15) is 16.4 Å². The third kappa shape index (κ3) is 5.25. The summed E-state index contributed by atoms with van der Waals surface area (Å²) in [6.45, 7) is 8.08. The highest BCUT2D eigenvalue weighted by atomic mass is 32.1. The number of carbonyl (C=O) groups is 1. The topological polar surface area (TPSA) is 89.3 Å². The van der Waals surface area contributed by atoms with Crippen LogP contribution in [0, 0.1) is 20.8 Å². The van der Waals surface area contributed by atoms with E-state index in [1.807, 2.05) is 32.9 Å². The number of carbonyl (C=O) groups excluding carboxylic acids is 1. The molecule has 2 aromatic heterocycles. The third-order valence-electron chi connectivity index (χ3n) is 4.92. The molecule has 0 saturated carbocycles. The predicted octanol–water partition coefficient (Wildman–Crippen LogP) is 4.74. The summed E-state index contributed by atoms with van der Waals surface area (Å²) in [7, 11) is 1.61. The van der Waals surface area contributed by atoms with Crippen LogP contribution in [-0.4, -0.2) is 35.6 Å². The van der Waals surface area contributed by atoms with Gasteiger partial charge in [-0.3, -0.25) is 4.79 Å². The number of piperidine rings is 1. The smallest absolute Gasteiger partial charge is 0.267 e. The zero-order chi connectivity index (χ0) is 21.5. The molecule has 30 heavy (non-hydrogen) atoms. The normalized spacial score (nSPS) is 13.3. The molecule has 1 saturated heterocycles. The monoisotopic (exact) mass is 428 g/mol. The maximum Gasteiger partial charge on any atom is 0.267 e. The predicted molar refractivity (Wildman–Crippen MR) is 119 cm³/mol. The lowest BCUT2D eigenvalue weighted by molar-refractivity contribution is 0.103. The molecule has 2 N–H and O–H groups in total. The van der Waals surface area contributed by atoms with Crippen molar-refractivity contribution in [2.45, 2.75) is 40.0 Å². The molecule has 1 aromatic carbocycles. The van der Waals surface area contributed by atoms with Crippen molar-refractivity contribution >= 4 is 23.1 Å². The van der Waals surface area contributed by atoms with Gasteiger partial charge in [0.15, 0.2) is 0 Å². The summed E-state index contributed by atoms with van der Waals surface area (Å²) >= 11 is 1.18. The molecule has 1 amide bonds. The van der Waals surface area contributed by atoms with Gasteiger partial charge in [-0.15, -0.1) is 0 Å². The van der Waals surface area contributed by atoms with E-state index in [9.17, 15) is 4.79 Å². The largest absolute Gasteiger partial charge is 0.496 e. The van der Waals surface area contributed by atoms with Gasteiger partial charge < -0.3 is 19.9 Å². The Morgan fingerprint density at radius 3 is 2.47 bits per heavy atom. The molecule has 0 atom stereocenters. The van der Waals surface area contributed by atoms with E-state index in [2.05, 4.69) is 20.2 Å². The number of amides is 1. The summed E-state index contributed by atoms with van der Waals surface area (Å²) in [5, 5.41) is 10.2. The fourth-order valence-corrected chi connectivity index (χ4v) is 3.99. The summed E-state index contributed by atoms with van der Waals surface area (Å²) in [6.07, 6.45) is 5.90. The van der Waals surface area contributed by atoms with Gasteiger partial charge in [0.25, 0.3) is 5.91 Å². The molecule has 0 spiro atoms. The van der Waals surface area contributed by atoms with Gasteiger partial charge in [0.05, 0.1) is 18.4 Å². The van der Waals surface area contributed by atoms with Crippen molar-refractivity contribution in [3.8, 4) is 16.9 Å². The van der Waals surface area contributed by atoms with Crippen molar-refractivity contribution in [2.75, 3.05) is 25.5 Å². The standard InChI is InChI=1S/C17H17N3O3S.C5H11N/c1-9-8-18-24-16(9)17(21)19-12-5-6-14(22-4)13(7-12)15-10(2)20-23-11(15)3;1-2-4-6-5-3-1/h5-8H,1-4H3,(H,19,21);6H,1-5H2. The van der Waals surface area contributed by atoms with Gasteiger partial charge in [0, 0.05) is 17.4 Å². The first-order chi connectivity index (χ1) is 14.5. The third-order valence-corrected chi connectivity index (χ3v) is 5.82. The fraction of sp³-hybridized carbons (Fsp3) is 0.409. The van der Waals surface area contributed by atoms with Crippen LogP contribution in [-0.2, 0) is 0 Å². The summed E-state index contributed by atoms with van der Waals surface area (Å²) in [5.74, 6) is 1.22. The van der Waals surface area contributed by atoms with E-state index in [-0.39, 0.29) is 5.91 Å². The molecular formula is C22H28N4O3S. The molecule has 3 aromatic rings. The van der Waals surface area contributed by atoms with Crippen LogP contribution in [0.1, 0.15) is 46.0 Å². The van der Waals surface area contributed by atoms with E-state index in [0.717, 1.165) is 22.4 Å². The lowest BCUT2D eigenvalue weighted by Crippen LogP contribution is -2.21. The molecular weight excluding hydrogens is 400 g/mol. The minimum atomic E-state index is -0.176. The first-order valence-electron chi connectivity index (χ1n) is 10.1. The second kappa shape index (κ2) is 10.4. The second-order valence-electron chi connectivity index (χ2n) is 7.22. The highest BCUT2D eigenvalue weighted by Gasteiger charge is 2.18.